The number of hydrogen-bond acceptors (Lipinski definition) is 6. The van der Waals surface area contributed by atoms with Crippen molar-refractivity contribution in [3.8, 4) is 0 Å². The van der Waals surface area contributed by atoms with Gasteiger partial charge in [0.25, 0.3) is 0 Å². The van der Waals surface area contributed by atoms with E-state index in [1.165, 1.54) is 49.0 Å². The van der Waals surface area contributed by atoms with E-state index in [9.17, 15) is 9.59 Å². The zero-order valence-electron chi connectivity index (χ0n) is 23.7. The predicted molar refractivity (Wildman–Crippen MR) is 156 cm³/mol. The number of benzene rings is 2. The maximum atomic E-state index is 11.7. The van der Waals surface area contributed by atoms with Gasteiger partial charge in [0.2, 0.25) is 0 Å². The smallest absolute Gasteiger partial charge is 0.512 e. The molecule has 0 bridgehead atoms. The van der Waals surface area contributed by atoms with E-state index in [1.807, 2.05) is 19.1 Å². The number of carbonyl (C=O) groups excluding carboxylic acids is 2. The molecule has 7 nitrogen and oxygen atoms in total. The molecule has 0 aromatic heterocycles. The minimum absolute atomic E-state index is 0. The van der Waals surface area contributed by atoms with Crippen LogP contribution >= 0.6 is 22.6 Å². The van der Waals surface area contributed by atoms with Crippen molar-refractivity contribution in [2.45, 2.75) is 77.0 Å². The summed E-state index contributed by atoms with van der Waals surface area (Å²) in [5.41, 5.74) is 6.49. The molecule has 4 rings (SSSR count). The van der Waals surface area contributed by atoms with Crippen LogP contribution in [0.25, 0.3) is 4.85 Å². The van der Waals surface area contributed by atoms with E-state index < -0.39 is 0 Å². The molecule has 0 saturated heterocycles. The van der Waals surface area contributed by atoms with Crippen LogP contribution in [0.2, 0.25) is 0 Å². The van der Waals surface area contributed by atoms with Gasteiger partial charge in [-0.3, -0.25) is 0 Å². The second kappa shape index (κ2) is 19.3. The fourth-order valence-corrected chi connectivity index (χ4v) is 5.56. The fraction of sp³-hybridized carbons (Fsp3) is 0.452. The van der Waals surface area contributed by atoms with Crippen molar-refractivity contribution in [1.82, 2.24) is 0 Å². The van der Waals surface area contributed by atoms with Crippen molar-refractivity contribution in [2.24, 2.45) is 0 Å². The third kappa shape index (κ3) is 9.12. The van der Waals surface area contributed by atoms with Crippen molar-refractivity contribution in [3.05, 3.63) is 85.8 Å². The van der Waals surface area contributed by atoms with E-state index in [-0.39, 0.29) is 31.4 Å². The first-order valence-electron chi connectivity index (χ1n) is 12.9. The van der Waals surface area contributed by atoms with Crippen LogP contribution in [0.15, 0.2) is 24.3 Å². The number of methoxy groups -OCH3 is 2. The molecular formula is C31H34IN3O4Zn. The minimum atomic E-state index is -0.350. The van der Waals surface area contributed by atoms with Gasteiger partial charge in [0.1, 0.15) is 0 Å². The molecule has 0 heterocycles. The second-order valence-corrected chi connectivity index (χ2v) is 10.3. The van der Waals surface area contributed by atoms with Gasteiger partial charge in [-0.25, -0.2) is 14.4 Å². The summed E-state index contributed by atoms with van der Waals surface area (Å²) in [6, 6.07) is 7.92. The molecule has 0 unspecified atom stereocenters. The van der Waals surface area contributed by atoms with Gasteiger partial charge in [0.05, 0.1) is 31.9 Å². The number of hydrogen-bond donors (Lipinski definition) is 0. The van der Waals surface area contributed by atoms with Gasteiger partial charge in [-0.1, -0.05) is 38.8 Å². The largest absolute Gasteiger partial charge is 2.00 e. The number of carbonyl (C=O) groups is 2. The zero-order chi connectivity index (χ0) is 29.5. The van der Waals surface area contributed by atoms with Crippen molar-refractivity contribution in [3.63, 3.8) is 0 Å². The Bertz CT molecular complexity index is 1220. The number of aryl methyl sites for hydroxylation is 2. The Labute approximate surface area is 265 Å². The SMILES string of the molecule is CCc1cc(C2CCC2)c(I)cc1C(=O)OC.[C-]#N.[C-]#N.[C-]#[N+]c1cc(C(=O)OC)c(CC)cc1C1CCC1.[Zn+2]. The molecule has 0 N–H and O–H groups in total. The fourth-order valence-electron chi connectivity index (χ4n) is 4.65. The summed E-state index contributed by atoms with van der Waals surface area (Å²) in [6.07, 6.45) is 9.12. The molecule has 0 aliphatic heterocycles. The first-order valence-corrected chi connectivity index (χ1v) is 13.9. The van der Waals surface area contributed by atoms with Gasteiger partial charge in [0.15, 0.2) is 5.69 Å². The van der Waals surface area contributed by atoms with Gasteiger partial charge in [0, 0.05) is 3.57 Å². The quantitative estimate of drug-likeness (QED) is 0.131. The van der Waals surface area contributed by atoms with Crippen molar-refractivity contribution in [2.75, 3.05) is 14.2 Å². The molecule has 40 heavy (non-hydrogen) atoms. The van der Waals surface area contributed by atoms with Crippen LogP contribution in [0.5, 0.6) is 0 Å². The zero-order valence-corrected chi connectivity index (χ0v) is 28.8. The molecule has 9 heteroatoms. The summed E-state index contributed by atoms with van der Waals surface area (Å²) in [5.74, 6) is 0.641. The molecule has 0 spiro atoms. The molecule has 0 radical (unpaired) electrons. The third-order valence-electron chi connectivity index (χ3n) is 7.26. The number of esters is 2. The molecule has 2 fully saturated rings. The van der Waals surface area contributed by atoms with Gasteiger partial charge >= 0.3 is 31.4 Å². The van der Waals surface area contributed by atoms with Gasteiger partial charge in [-0.15, -0.1) is 0 Å². The summed E-state index contributed by atoms with van der Waals surface area (Å²) >= 11 is 2.33. The van der Waals surface area contributed by atoms with E-state index in [0.717, 1.165) is 47.9 Å². The minimum Gasteiger partial charge on any atom is -0.512 e. The Balaban J connectivity index is 0.000000663. The van der Waals surface area contributed by atoms with E-state index in [0.29, 0.717) is 23.1 Å². The maximum absolute atomic E-state index is 11.7. The first-order chi connectivity index (χ1) is 18.9. The monoisotopic (exact) mass is 703 g/mol. The number of nitrogens with zero attached hydrogens (tertiary/aromatic N) is 3. The molecule has 2 aliphatic carbocycles. The molecule has 2 aromatic rings. The molecule has 0 atom stereocenters. The summed E-state index contributed by atoms with van der Waals surface area (Å²) in [4.78, 5) is 27.0. The van der Waals surface area contributed by atoms with Crippen LogP contribution in [-0.4, -0.2) is 26.2 Å². The van der Waals surface area contributed by atoms with Gasteiger partial charge in [-0.2, -0.15) is 0 Å². The van der Waals surface area contributed by atoms with E-state index in [4.69, 9.17) is 39.7 Å². The van der Waals surface area contributed by atoms with E-state index in [1.54, 1.807) is 6.07 Å². The van der Waals surface area contributed by atoms with Crippen LogP contribution in [-0.2, 0) is 41.8 Å². The Morgan fingerprint density at radius 1 is 0.825 bits per heavy atom. The molecular weight excluding hydrogens is 671 g/mol. The number of halogens is 1. The average molecular weight is 705 g/mol. The molecule has 206 valence electrons. The predicted octanol–water partition coefficient (Wildman–Crippen LogP) is 7.95. The van der Waals surface area contributed by atoms with Crippen LogP contribution < -0.4 is 0 Å². The average Bonchev–Trinajstić information content (AvgIpc) is 2.93. The normalized spacial score (nSPS) is 13.3. The Morgan fingerprint density at radius 3 is 1.57 bits per heavy atom. The third-order valence-corrected chi connectivity index (χ3v) is 8.19. The second-order valence-electron chi connectivity index (χ2n) is 9.16. The Kier molecular flexibility index (Phi) is 18.0. The molecule has 2 aliphatic rings. The van der Waals surface area contributed by atoms with Crippen LogP contribution in [0, 0.1) is 33.8 Å². The van der Waals surface area contributed by atoms with Crippen LogP contribution in [0.4, 0.5) is 5.69 Å². The Morgan fingerprint density at radius 2 is 1.23 bits per heavy atom. The summed E-state index contributed by atoms with van der Waals surface area (Å²) in [6.45, 7) is 20.9. The summed E-state index contributed by atoms with van der Waals surface area (Å²) in [5, 5.41) is 12.5. The molecule has 2 aromatic carbocycles. The Hall–Kier alpha value is -2.80. The molecule has 2 saturated carbocycles. The summed E-state index contributed by atoms with van der Waals surface area (Å²) in [7, 11) is 2.81. The van der Waals surface area contributed by atoms with Crippen LogP contribution in [0.1, 0.15) is 107 Å². The van der Waals surface area contributed by atoms with Gasteiger partial charge < -0.3 is 33.1 Å². The first kappa shape index (κ1) is 37.2. The van der Waals surface area contributed by atoms with Gasteiger partial charge in [-0.05, 0) is 107 Å². The van der Waals surface area contributed by atoms with Crippen LogP contribution in [0.3, 0.4) is 0 Å². The number of rotatable bonds is 6. The van der Waals surface area contributed by atoms with E-state index in [2.05, 4.69) is 40.4 Å². The number of ether oxygens (including phenoxy) is 2. The summed E-state index contributed by atoms with van der Waals surface area (Å²) < 4.78 is 10.8. The van der Waals surface area contributed by atoms with Crippen molar-refractivity contribution < 1.29 is 38.5 Å². The maximum Gasteiger partial charge on any atom is 2.00 e. The van der Waals surface area contributed by atoms with Crippen molar-refractivity contribution >= 4 is 40.2 Å². The standard InChI is InChI=1S/C15H17NO2.C14H17IO2.2CN.Zn/c1-4-10-8-12(11-6-5-7-11)14(16-2)9-13(10)15(17)18-3;1-3-9-7-11(10-5-4-6-10)13(15)8-12(9)14(16)17-2;2*1-2;/h8-9,11H,4-7H2,1,3H3;7-8,10H,3-6H2,1-2H3;;;/q;;2*-1;+2. The molecule has 0 amide bonds. The van der Waals surface area contributed by atoms with E-state index >= 15 is 0 Å². The van der Waals surface area contributed by atoms with Crippen molar-refractivity contribution in [1.29, 1.82) is 10.5 Å². The topological polar surface area (TPSA) is 105 Å².